The molecule has 0 atom stereocenters. The van der Waals surface area contributed by atoms with Crippen molar-refractivity contribution in [2.75, 3.05) is 13.7 Å². The van der Waals surface area contributed by atoms with Crippen molar-refractivity contribution in [3.63, 3.8) is 0 Å². The van der Waals surface area contributed by atoms with Crippen molar-refractivity contribution >= 4 is 5.97 Å². The molecule has 0 spiro atoms. The summed E-state index contributed by atoms with van der Waals surface area (Å²) in [4.78, 5) is 14.4. The van der Waals surface area contributed by atoms with Gasteiger partial charge >= 0.3 is 57.4 Å². The monoisotopic (exact) mass is 171 g/mol. The Morgan fingerprint density at radius 2 is 2.30 bits per heavy atom. The van der Waals surface area contributed by atoms with Crippen LogP contribution >= 0.6 is 0 Å². The Morgan fingerprint density at radius 3 is 2.70 bits per heavy atom. The maximum atomic E-state index is 9.88. The average Bonchev–Trinajstić information content (AvgIpc) is 1.80. The standard InChI is InChI=1S/C5H10NO3.K/c1-6-9-4-2-3-5(7)8;/h2-4H2,1H3,(H,7,8);/q-1;+1. The quantitative estimate of drug-likeness (QED) is 0.290. The number of hydrogen-bond acceptors (Lipinski definition) is 2. The average molecular weight is 171 g/mol. The third kappa shape index (κ3) is 11.8. The molecule has 5 heteroatoms. The van der Waals surface area contributed by atoms with E-state index < -0.39 is 5.97 Å². The number of hydroxylamine groups is 1. The fourth-order valence-electron chi connectivity index (χ4n) is 0.379. The molecule has 0 aliphatic heterocycles. The van der Waals surface area contributed by atoms with Gasteiger partial charge in [-0.2, -0.15) is 0 Å². The summed E-state index contributed by atoms with van der Waals surface area (Å²) in [6.45, 7) is 0.392. The van der Waals surface area contributed by atoms with Crippen molar-refractivity contribution in [2.24, 2.45) is 0 Å². The van der Waals surface area contributed by atoms with Gasteiger partial charge in [0.15, 0.2) is 0 Å². The van der Waals surface area contributed by atoms with Gasteiger partial charge in [0.2, 0.25) is 0 Å². The molecule has 0 aromatic heterocycles. The Bertz CT molecular complexity index is 89.0. The fraction of sp³-hybridized carbons (Fsp3) is 0.800. The van der Waals surface area contributed by atoms with Crippen LogP contribution in [0.1, 0.15) is 12.8 Å². The van der Waals surface area contributed by atoms with Crippen molar-refractivity contribution in [1.82, 2.24) is 0 Å². The van der Waals surface area contributed by atoms with Crippen LogP contribution in [0, 0.1) is 0 Å². The SMILES string of the molecule is C[N-]OCCCC(=O)O.[K+]. The molecule has 0 saturated carbocycles. The number of rotatable bonds is 5. The summed E-state index contributed by atoms with van der Waals surface area (Å²) in [5.41, 5.74) is 3.34. The molecular formula is C5H10KNO3. The number of nitrogens with zero attached hydrogens (tertiary/aromatic N) is 1. The molecule has 1 N–H and O–H groups in total. The molecule has 4 nitrogen and oxygen atoms in total. The van der Waals surface area contributed by atoms with E-state index in [4.69, 9.17) is 5.11 Å². The van der Waals surface area contributed by atoms with E-state index in [1.165, 1.54) is 7.05 Å². The first-order valence-corrected chi connectivity index (χ1v) is 2.70. The van der Waals surface area contributed by atoms with Crippen molar-refractivity contribution < 1.29 is 66.1 Å². The largest absolute Gasteiger partial charge is 1.00 e. The number of carboxylic acid groups (broad SMARTS) is 1. The van der Waals surface area contributed by atoms with Crippen molar-refractivity contribution in [1.29, 1.82) is 0 Å². The first-order chi connectivity index (χ1) is 4.27. The van der Waals surface area contributed by atoms with Crippen LogP contribution in [0.4, 0.5) is 0 Å². The van der Waals surface area contributed by atoms with Gasteiger partial charge in [-0.15, -0.1) is 7.05 Å². The van der Waals surface area contributed by atoms with Crippen molar-refractivity contribution in [3.05, 3.63) is 5.48 Å². The predicted molar refractivity (Wildman–Crippen MR) is 32.1 cm³/mol. The fourth-order valence-corrected chi connectivity index (χ4v) is 0.379. The molecule has 0 radical (unpaired) electrons. The van der Waals surface area contributed by atoms with Crippen molar-refractivity contribution in [2.45, 2.75) is 12.8 Å². The molecule has 0 bridgehead atoms. The third-order valence-corrected chi connectivity index (χ3v) is 0.755. The van der Waals surface area contributed by atoms with E-state index in [1.54, 1.807) is 0 Å². The molecule has 0 aliphatic carbocycles. The van der Waals surface area contributed by atoms with E-state index in [2.05, 4.69) is 10.3 Å². The van der Waals surface area contributed by atoms with Gasteiger partial charge in [0.25, 0.3) is 0 Å². The predicted octanol–water partition coefficient (Wildman–Crippen LogP) is -2.21. The van der Waals surface area contributed by atoms with Gasteiger partial charge in [-0.1, -0.05) is 0 Å². The number of hydrogen-bond donors (Lipinski definition) is 1. The Kier molecular flexibility index (Phi) is 13.6. The van der Waals surface area contributed by atoms with E-state index in [-0.39, 0.29) is 57.8 Å². The summed E-state index contributed by atoms with van der Waals surface area (Å²) in [6.07, 6.45) is 0.669. The number of aliphatic carboxylic acids is 1. The van der Waals surface area contributed by atoms with Gasteiger partial charge < -0.3 is 15.4 Å². The molecule has 0 fully saturated rings. The number of carboxylic acids is 1. The Morgan fingerprint density at radius 1 is 1.70 bits per heavy atom. The second-order valence-electron chi connectivity index (χ2n) is 1.51. The molecule has 0 aromatic carbocycles. The van der Waals surface area contributed by atoms with Crippen LogP contribution in [0.2, 0.25) is 0 Å². The van der Waals surface area contributed by atoms with Gasteiger partial charge in [-0.05, 0) is 6.42 Å². The molecule has 0 aromatic rings. The molecular weight excluding hydrogens is 161 g/mol. The Balaban J connectivity index is 0. The zero-order valence-corrected chi connectivity index (χ0v) is 9.46. The van der Waals surface area contributed by atoms with Crippen LogP contribution in [0.5, 0.6) is 0 Å². The molecule has 0 heterocycles. The van der Waals surface area contributed by atoms with E-state index >= 15 is 0 Å². The van der Waals surface area contributed by atoms with Gasteiger partial charge in [0.1, 0.15) is 0 Å². The van der Waals surface area contributed by atoms with Crippen LogP contribution in [0.15, 0.2) is 0 Å². The van der Waals surface area contributed by atoms with E-state index in [0.717, 1.165) is 0 Å². The van der Waals surface area contributed by atoms with Gasteiger partial charge in [-0.3, -0.25) is 4.79 Å². The summed E-state index contributed by atoms with van der Waals surface area (Å²) >= 11 is 0. The van der Waals surface area contributed by atoms with Gasteiger partial charge in [0.05, 0.1) is 0 Å². The molecule has 54 valence electrons. The number of carbonyl (C=O) groups is 1. The second-order valence-corrected chi connectivity index (χ2v) is 1.51. The Labute approximate surface area is 103 Å². The second kappa shape index (κ2) is 10.0. The topological polar surface area (TPSA) is 60.6 Å². The molecule has 0 amide bonds. The minimum absolute atomic E-state index is 0. The van der Waals surface area contributed by atoms with Crippen LogP contribution in [0.3, 0.4) is 0 Å². The summed E-state index contributed by atoms with van der Waals surface area (Å²) < 4.78 is 0. The minimum Gasteiger partial charge on any atom is -0.537 e. The van der Waals surface area contributed by atoms with Crippen LogP contribution in [-0.4, -0.2) is 24.7 Å². The zero-order valence-electron chi connectivity index (χ0n) is 6.33. The van der Waals surface area contributed by atoms with Crippen LogP contribution < -0.4 is 51.4 Å². The maximum Gasteiger partial charge on any atom is 1.00 e. The normalized spacial score (nSPS) is 8.50. The maximum absolute atomic E-state index is 9.88. The zero-order chi connectivity index (χ0) is 7.11. The third-order valence-electron chi connectivity index (χ3n) is 0.755. The van der Waals surface area contributed by atoms with E-state index in [0.29, 0.717) is 13.0 Å². The van der Waals surface area contributed by atoms with E-state index in [9.17, 15) is 4.79 Å². The summed E-state index contributed by atoms with van der Waals surface area (Å²) in [7, 11) is 1.51. The van der Waals surface area contributed by atoms with Gasteiger partial charge in [-0.25, -0.2) is 0 Å². The molecule has 0 unspecified atom stereocenters. The summed E-state index contributed by atoms with van der Waals surface area (Å²) in [6, 6.07) is 0. The minimum atomic E-state index is -0.797. The van der Waals surface area contributed by atoms with Crippen molar-refractivity contribution in [3.8, 4) is 0 Å². The first-order valence-electron chi connectivity index (χ1n) is 2.70. The smallest absolute Gasteiger partial charge is 0.537 e. The summed E-state index contributed by atoms with van der Waals surface area (Å²) in [5.74, 6) is -0.797. The molecule has 0 saturated heterocycles. The van der Waals surface area contributed by atoms with Crippen LogP contribution in [-0.2, 0) is 9.63 Å². The van der Waals surface area contributed by atoms with Gasteiger partial charge in [0, 0.05) is 13.0 Å². The van der Waals surface area contributed by atoms with E-state index in [1.807, 2.05) is 0 Å². The first kappa shape index (κ1) is 13.6. The van der Waals surface area contributed by atoms with Crippen LogP contribution in [0.25, 0.3) is 5.48 Å². The Hall–Kier alpha value is 1.03. The summed E-state index contributed by atoms with van der Waals surface area (Å²) in [5, 5.41) is 8.13. The molecule has 0 rings (SSSR count). The molecule has 10 heavy (non-hydrogen) atoms. The molecule has 0 aliphatic rings.